The third-order valence-corrected chi connectivity index (χ3v) is 1.50. The lowest BCUT2D eigenvalue weighted by Crippen LogP contribution is -1.69. The van der Waals surface area contributed by atoms with Crippen molar-refractivity contribution in [2.75, 3.05) is 12.8 Å². The molecule has 1 radical (unpaired) electrons. The normalized spacial score (nSPS) is 11.0. The van der Waals surface area contributed by atoms with Gasteiger partial charge in [0.2, 0.25) is 0 Å². The molecular weight excluding hydrogens is 91.0 g/mol. The zero-order valence-corrected chi connectivity index (χ0v) is 5.46. The molecule has 0 bridgehead atoms. The van der Waals surface area contributed by atoms with E-state index in [1.807, 2.05) is 0 Å². The molecule has 0 aliphatic rings. The molecule has 0 N–H and O–H groups in total. The Morgan fingerprint density at radius 1 is 1.50 bits per heavy atom. The fourth-order valence-corrected chi connectivity index (χ4v) is 0.949. The molecule has 0 rings (SSSR count). The molecule has 0 unspecified atom stereocenters. The summed E-state index contributed by atoms with van der Waals surface area (Å²) in [7, 11) is 1.55. The zero-order chi connectivity index (χ0) is 4.83. The van der Waals surface area contributed by atoms with Gasteiger partial charge in [0.05, 0.1) is 0 Å². The van der Waals surface area contributed by atoms with E-state index < -0.39 is 0 Å². The summed E-state index contributed by atoms with van der Waals surface area (Å²) in [5, 5.41) is 0. The first-order valence-electron chi connectivity index (χ1n) is 2.47. The number of hydrogen-bond acceptors (Lipinski definition) is 0. The van der Waals surface area contributed by atoms with E-state index in [0.717, 1.165) is 0 Å². The van der Waals surface area contributed by atoms with Gasteiger partial charge >= 0.3 is 0 Å². The van der Waals surface area contributed by atoms with Crippen molar-refractivity contribution >= 4 is 8.58 Å². The lowest BCUT2D eigenvalue weighted by atomic mass is 10.4. The molecule has 0 spiro atoms. The van der Waals surface area contributed by atoms with Gasteiger partial charge in [-0.15, -0.1) is 0 Å². The Morgan fingerprint density at radius 2 is 2.17 bits per heavy atom. The Bertz CT molecular complexity index is 15.9. The summed E-state index contributed by atoms with van der Waals surface area (Å²) in [5.74, 6) is 0. The molecule has 6 heavy (non-hydrogen) atoms. The quantitative estimate of drug-likeness (QED) is 0.380. The monoisotopic (exact) mass is 103 g/mol. The van der Waals surface area contributed by atoms with Gasteiger partial charge in [0, 0.05) is 0 Å². The Kier molecular flexibility index (Phi) is 5.82. The van der Waals surface area contributed by atoms with Gasteiger partial charge in [0.25, 0.3) is 0 Å². The van der Waals surface area contributed by atoms with Crippen molar-refractivity contribution < 1.29 is 0 Å². The summed E-state index contributed by atoms with van der Waals surface area (Å²) in [6, 6.07) is 0. The van der Waals surface area contributed by atoms with E-state index in [0.29, 0.717) is 0 Å². The molecule has 0 aromatic carbocycles. The Hall–Kier alpha value is 0.430. The van der Waals surface area contributed by atoms with Crippen LogP contribution in [-0.2, 0) is 0 Å². The van der Waals surface area contributed by atoms with Gasteiger partial charge in [0.1, 0.15) is 0 Å². The SMILES string of the molecule is CCCC[P]C. The Labute approximate surface area is 42.1 Å². The van der Waals surface area contributed by atoms with Gasteiger partial charge in [-0.1, -0.05) is 21.9 Å². The highest BCUT2D eigenvalue weighted by Gasteiger charge is 1.75. The van der Waals surface area contributed by atoms with Crippen molar-refractivity contribution in [2.24, 2.45) is 0 Å². The lowest BCUT2D eigenvalue weighted by Gasteiger charge is -1.85. The first kappa shape index (κ1) is 6.43. The summed E-state index contributed by atoms with van der Waals surface area (Å²) in [4.78, 5) is 0. The maximum atomic E-state index is 2.23. The van der Waals surface area contributed by atoms with Crippen LogP contribution in [0.1, 0.15) is 19.8 Å². The average Bonchev–Trinajstić information content (AvgIpc) is 1.61. The molecule has 0 aromatic rings. The topological polar surface area (TPSA) is 0 Å². The van der Waals surface area contributed by atoms with Crippen molar-refractivity contribution in [3.63, 3.8) is 0 Å². The van der Waals surface area contributed by atoms with Crippen molar-refractivity contribution in [1.29, 1.82) is 0 Å². The highest BCUT2D eigenvalue weighted by Crippen LogP contribution is 2.04. The van der Waals surface area contributed by atoms with Crippen LogP contribution in [0.2, 0.25) is 0 Å². The van der Waals surface area contributed by atoms with E-state index in [9.17, 15) is 0 Å². The second-order valence-electron chi connectivity index (χ2n) is 1.39. The maximum Gasteiger partial charge on any atom is -0.0290 e. The molecule has 0 aliphatic heterocycles. The molecule has 0 aliphatic carbocycles. The number of rotatable bonds is 3. The molecule has 0 saturated heterocycles. The first-order valence-corrected chi connectivity index (χ1v) is 4.00. The molecule has 37 valence electrons. The second-order valence-corrected chi connectivity index (χ2v) is 2.47. The fourth-order valence-electron chi connectivity index (χ4n) is 0.316. The molecule has 0 aromatic heterocycles. The van der Waals surface area contributed by atoms with Crippen LogP contribution < -0.4 is 0 Å². The van der Waals surface area contributed by atoms with Crippen molar-refractivity contribution in [1.82, 2.24) is 0 Å². The van der Waals surface area contributed by atoms with Crippen LogP contribution in [0.15, 0.2) is 0 Å². The van der Waals surface area contributed by atoms with E-state index in [1.54, 1.807) is 8.58 Å². The van der Waals surface area contributed by atoms with Crippen LogP contribution >= 0.6 is 8.58 Å². The lowest BCUT2D eigenvalue weighted by molar-refractivity contribution is 0.895. The van der Waals surface area contributed by atoms with E-state index >= 15 is 0 Å². The van der Waals surface area contributed by atoms with Crippen LogP contribution in [0.25, 0.3) is 0 Å². The number of hydrogen-bond donors (Lipinski definition) is 0. The molecule has 0 heterocycles. The second kappa shape index (κ2) is 5.43. The molecule has 0 fully saturated rings. The third-order valence-electron chi connectivity index (χ3n) is 0.735. The van der Waals surface area contributed by atoms with Gasteiger partial charge in [-0.3, -0.25) is 0 Å². The van der Waals surface area contributed by atoms with E-state index in [4.69, 9.17) is 0 Å². The molecular formula is C5H12P. The van der Waals surface area contributed by atoms with Gasteiger partial charge in [-0.25, -0.2) is 0 Å². The van der Waals surface area contributed by atoms with Gasteiger partial charge in [-0.05, 0) is 19.2 Å². The molecule has 1 heteroatoms. The van der Waals surface area contributed by atoms with Crippen LogP contribution in [0.5, 0.6) is 0 Å². The highest BCUT2D eigenvalue weighted by molar-refractivity contribution is 7.36. The minimum Gasteiger partial charge on any atom is -0.0844 e. The molecule has 0 saturated carbocycles. The smallest absolute Gasteiger partial charge is 0.0290 e. The predicted octanol–water partition coefficient (Wildman–Crippen LogP) is 2.36. The fraction of sp³-hybridized carbons (Fsp3) is 1.00. The maximum absolute atomic E-state index is 2.23. The Morgan fingerprint density at radius 3 is 2.33 bits per heavy atom. The van der Waals surface area contributed by atoms with E-state index in [-0.39, 0.29) is 0 Å². The summed E-state index contributed by atoms with van der Waals surface area (Å²) in [6.07, 6.45) is 4.13. The largest absolute Gasteiger partial charge is 0.0844 e. The Balaban J connectivity index is 2.34. The summed E-state index contributed by atoms with van der Waals surface area (Å²) < 4.78 is 0. The van der Waals surface area contributed by atoms with Crippen molar-refractivity contribution in [3.05, 3.63) is 0 Å². The van der Waals surface area contributed by atoms with Gasteiger partial charge < -0.3 is 0 Å². The minimum absolute atomic E-state index is 1.35. The average molecular weight is 103 g/mol. The third kappa shape index (κ3) is 4.43. The molecule has 0 atom stereocenters. The molecule has 0 nitrogen and oxygen atoms in total. The van der Waals surface area contributed by atoms with Crippen LogP contribution in [-0.4, -0.2) is 12.8 Å². The van der Waals surface area contributed by atoms with Gasteiger partial charge in [-0.2, -0.15) is 0 Å². The molecule has 0 amide bonds. The first-order chi connectivity index (χ1) is 2.91. The van der Waals surface area contributed by atoms with Gasteiger partial charge in [0.15, 0.2) is 0 Å². The van der Waals surface area contributed by atoms with Crippen LogP contribution in [0.4, 0.5) is 0 Å². The number of unbranched alkanes of at least 4 members (excludes halogenated alkanes) is 1. The predicted molar refractivity (Wildman–Crippen MR) is 32.6 cm³/mol. The zero-order valence-electron chi connectivity index (χ0n) is 4.57. The minimum atomic E-state index is 1.35. The summed E-state index contributed by atoms with van der Waals surface area (Å²) >= 11 is 0. The standard InChI is InChI=1S/C5H12P/c1-3-4-5-6-2/h3-5H2,1-2H3. The van der Waals surface area contributed by atoms with E-state index in [2.05, 4.69) is 13.6 Å². The van der Waals surface area contributed by atoms with Crippen molar-refractivity contribution in [2.45, 2.75) is 19.8 Å². The summed E-state index contributed by atoms with van der Waals surface area (Å²) in [6.45, 7) is 4.43. The van der Waals surface area contributed by atoms with Crippen LogP contribution in [0.3, 0.4) is 0 Å². The van der Waals surface area contributed by atoms with Crippen LogP contribution in [0, 0.1) is 0 Å². The van der Waals surface area contributed by atoms with E-state index in [1.165, 1.54) is 19.0 Å². The summed E-state index contributed by atoms with van der Waals surface area (Å²) in [5.41, 5.74) is 0. The van der Waals surface area contributed by atoms with Crippen molar-refractivity contribution in [3.8, 4) is 0 Å². The highest BCUT2D eigenvalue weighted by atomic mass is 31.1.